The predicted molar refractivity (Wildman–Crippen MR) is 80.6 cm³/mol. The smallest absolute Gasteiger partial charge is 0.191 e. The van der Waals surface area contributed by atoms with Gasteiger partial charge in [-0.2, -0.15) is 0 Å². The normalized spacial score (nSPS) is 15.3. The Hall–Kier alpha value is -1.85. The van der Waals surface area contributed by atoms with Gasteiger partial charge in [0.25, 0.3) is 0 Å². The number of nitrogens with one attached hydrogen (secondary N) is 2. The molecule has 1 aliphatic rings. The van der Waals surface area contributed by atoms with Crippen molar-refractivity contribution in [2.24, 2.45) is 4.99 Å². The van der Waals surface area contributed by atoms with Crippen molar-refractivity contribution in [1.29, 1.82) is 0 Å². The second-order valence-corrected chi connectivity index (χ2v) is 4.86. The van der Waals surface area contributed by atoms with Crippen LogP contribution < -0.4 is 10.6 Å². The first kappa shape index (κ1) is 14.6. The van der Waals surface area contributed by atoms with Gasteiger partial charge in [-0.05, 0) is 19.8 Å². The molecule has 2 heterocycles. The van der Waals surface area contributed by atoms with Crippen LogP contribution in [0.15, 0.2) is 17.6 Å². The van der Waals surface area contributed by atoms with E-state index in [1.54, 1.807) is 0 Å². The molecule has 0 fully saturated rings. The third-order valence-electron chi connectivity index (χ3n) is 3.32. The zero-order valence-electron chi connectivity index (χ0n) is 12.2. The lowest BCUT2D eigenvalue weighted by Gasteiger charge is -2.10. The molecule has 0 bridgehead atoms. The number of hydrogen-bond acceptors (Lipinski definition) is 3. The Morgan fingerprint density at radius 1 is 1.35 bits per heavy atom. The van der Waals surface area contributed by atoms with E-state index in [4.69, 9.17) is 0 Å². The Balaban J connectivity index is 2.04. The van der Waals surface area contributed by atoms with Gasteiger partial charge in [0.15, 0.2) is 11.8 Å². The molecule has 1 aromatic heterocycles. The summed E-state index contributed by atoms with van der Waals surface area (Å²) in [5.41, 5.74) is 0. The molecule has 2 N–H and O–H groups in total. The van der Waals surface area contributed by atoms with Crippen molar-refractivity contribution >= 4 is 5.96 Å². The summed E-state index contributed by atoms with van der Waals surface area (Å²) in [6.07, 6.45) is 6.54. The quantitative estimate of drug-likeness (QED) is 0.482. The van der Waals surface area contributed by atoms with Crippen molar-refractivity contribution < 1.29 is 0 Å². The minimum Gasteiger partial charge on any atom is -0.357 e. The number of rotatable bonds is 5. The van der Waals surface area contributed by atoms with Gasteiger partial charge in [-0.1, -0.05) is 12.5 Å². The van der Waals surface area contributed by atoms with Gasteiger partial charge in [0.1, 0.15) is 12.4 Å². The zero-order chi connectivity index (χ0) is 14.2. The topological polar surface area (TPSA) is 67.1 Å². The summed E-state index contributed by atoms with van der Waals surface area (Å²) in [6, 6.07) is 0. The average molecular weight is 276 g/mol. The van der Waals surface area contributed by atoms with Crippen LogP contribution in [0, 0.1) is 0 Å². The second kappa shape index (κ2) is 7.67. The molecule has 0 saturated heterocycles. The van der Waals surface area contributed by atoms with Gasteiger partial charge in [0.05, 0.1) is 0 Å². The summed E-state index contributed by atoms with van der Waals surface area (Å²) in [5.74, 6) is 2.85. The van der Waals surface area contributed by atoms with Crippen molar-refractivity contribution in [2.45, 2.75) is 45.7 Å². The molecule has 1 aliphatic heterocycles. The van der Waals surface area contributed by atoms with Crippen LogP contribution in [0.4, 0.5) is 0 Å². The highest BCUT2D eigenvalue weighted by Gasteiger charge is 2.14. The highest BCUT2D eigenvalue weighted by Crippen LogP contribution is 2.14. The average Bonchev–Trinajstić information content (AvgIpc) is 2.69. The summed E-state index contributed by atoms with van der Waals surface area (Å²) in [6.45, 7) is 8.85. The van der Waals surface area contributed by atoms with Gasteiger partial charge < -0.3 is 15.2 Å². The fraction of sp³-hybridized carbons (Fsp3) is 0.643. The Kier molecular flexibility index (Phi) is 5.58. The minimum atomic E-state index is 0.555. The number of aryl methyl sites for hydroxylation is 1. The number of guanidine groups is 1. The summed E-state index contributed by atoms with van der Waals surface area (Å²) in [5, 5.41) is 15.0. The molecule has 0 spiro atoms. The lowest BCUT2D eigenvalue weighted by molar-refractivity contribution is 0.605. The summed E-state index contributed by atoms with van der Waals surface area (Å²) < 4.78 is 2.23. The molecular weight excluding hydrogens is 252 g/mol. The summed E-state index contributed by atoms with van der Waals surface area (Å²) in [4.78, 5) is 4.56. The van der Waals surface area contributed by atoms with Crippen LogP contribution in [-0.4, -0.2) is 33.8 Å². The third-order valence-corrected chi connectivity index (χ3v) is 3.32. The van der Waals surface area contributed by atoms with Crippen LogP contribution in [-0.2, 0) is 19.5 Å². The molecule has 6 heteroatoms. The molecule has 110 valence electrons. The van der Waals surface area contributed by atoms with Crippen LogP contribution in [0.25, 0.3) is 0 Å². The van der Waals surface area contributed by atoms with E-state index in [9.17, 15) is 0 Å². The lowest BCUT2D eigenvalue weighted by Crippen LogP contribution is -2.37. The molecule has 0 saturated carbocycles. The molecule has 6 nitrogen and oxygen atoms in total. The van der Waals surface area contributed by atoms with Crippen molar-refractivity contribution in [3.8, 4) is 0 Å². The maximum absolute atomic E-state index is 4.56. The van der Waals surface area contributed by atoms with Crippen LogP contribution in [0.2, 0.25) is 0 Å². The first-order valence-electron chi connectivity index (χ1n) is 7.39. The molecular formula is C14H24N6. The zero-order valence-corrected chi connectivity index (χ0v) is 12.2. The summed E-state index contributed by atoms with van der Waals surface area (Å²) in [7, 11) is 0. The molecule has 0 radical (unpaired) electrons. The maximum Gasteiger partial charge on any atom is 0.191 e. The van der Waals surface area contributed by atoms with Crippen LogP contribution in [0.3, 0.4) is 0 Å². The largest absolute Gasteiger partial charge is 0.357 e. The van der Waals surface area contributed by atoms with Crippen LogP contribution >= 0.6 is 0 Å². The highest BCUT2D eigenvalue weighted by molar-refractivity contribution is 5.79. The minimum absolute atomic E-state index is 0.555. The van der Waals surface area contributed by atoms with Gasteiger partial charge in [0.2, 0.25) is 0 Å². The SMILES string of the molecule is C=CCNC(=NCc1nnc2n1CCCCC2)NCC. The van der Waals surface area contributed by atoms with Crippen molar-refractivity contribution in [3.05, 3.63) is 24.3 Å². The second-order valence-electron chi connectivity index (χ2n) is 4.86. The Morgan fingerprint density at radius 2 is 2.25 bits per heavy atom. The molecule has 0 aromatic carbocycles. The maximum atomic E-state index is 4.56. The van der Waals surface area contributed by atoms with E-state index in [-0.39, 0.29) is 0 Å². The molecule has 0 aliphatic carbocycles. The number of aromatic nitrogens is 3. The first-order valence-corrected chi connectivity index (χ1v) is 7.39. The van der Waals surface area contributed by atoms with E-state index in [1.165, 1.54) is 19.3 Å². The molecule has 20 heavy (non-hydrogen) atoms. The molecule has 1 aromatic rings. The van der Waals surface area contributed by atoms with Gasteiger partial charge in [-0.15, -0.1) is 16.8 Å². The molecule has 0 unspecified atom stereocenters. The Labute approximate surface area is 120 Å². The van der Waals surface area contributed by atoms with Crippen molar-refractivity contribution in [3.63, 3.8) is 0 Å². The molecule has 0 atom stereocenters. The van der Waals surface area contributed by atoms with E-state index in [1.807, 2.05) is 13.0 Å². The van der Waals surface area contributed by atoms with Gasteiger partial charge in [-0.3, -0.25) is 0 Å². The Morgan fingerprint density at radius 3 is 3.05 bits per heavy atom. The highest BCUT2D eigenvalue weighted by atomic mass is 15.3. The fourth-order valence-corrected chi connectivity index (χ4v) is 2.32. The fourth-order valence-electron chi connectivity index (χ4n) is 2.32. The third kappa shape index (κ3) is 3.82. The van der Waals surface area contributed by atoms with Gasteiger partial charge in [-0.25, -0.2) is 4.99 Å². The van der Waals surface area contributed by atoms with Crippen molar-refractivity contribution in [1.82, 2.24) is 25.4 Å². The van der Waals surface area contributed by atoms with Gasteiger partial charge >= 0.3 is 0 Å². The van der Waals surface area contributed by atoms with Crippen LogP contribution in [0.5, 0.6) is 0 Å². The van der Waals surface area contributed by atoms with E-state index in [2.05, 4.69) is 37.0 Å². The Bertz CT molecular complexity index is 462. The predicted octanol–water partition coefficient (Wildman–Crippen LogP) is 1.25. The van der Waals surface area contributed by atoms with E-state index >= 15 is 0 Å². The van der Waals surface area contributed by atoms with E-state index in [0.717, 1.165) is 37.1 Å². The van der Waals surface area contributed by atoms with E-state index in [0.29, 0.717) is 13.1 Å². The number of hydrogen-bond donors (Lipinski definition) is 2. The van der Waals surface area contributed by atoms with Crippen LogP contribution in [0.1, 0.15) is 37.8 Å². The molecule has 0 amide bonds. The lowest BCUT2D eigenvalue weighted by atomic mass is 10.2. The summed E-state index contributed by atoms with van der Waals surface area (Å²) >= 11 is 0. The number of nitrogens with zero attached hydrogens (tertiary/aromatic N) is 4. The van der Waals surface area contributed by atoms with Gasteiger partial charge in [0, 0.05) is 26.1 Å². The van der Waals surface area contributed by atoms with Crippen molar-refractivity contribution in [2.75, 3.05) is 13.1 Å². The standard InChI is InChI=1S/C14H24N6/c1-3-9-16-14(15-4-2)17-11-13-19-18-12-8-6-5-7-10-20(12)13/h3H,1,4-11H2,2H3,(H2,15,16,17). The number of aliphatic imine (C=N–C) groups is 1. The first-order chi connectivity index (χ1) is 9.85. The number of fused-ring (bicyclic) bond motifs is 1. The monoisotopic (exact) mass is 276 g/mol. The molecule has 2 rings (SSSR count). The van der Waals surface area contributed by atoms with E-state index < -0.39 is 0 Å².